The Morgan fingerprint density at radius 3 is 0.744 bits per heavy atom. The van der Waals surface area contributed by atoms with Gasteiger partial charge in [0.2, 0.25) is 0 Å². The van der Waals surface area contributed by atoms with Crippen molar-refractivity contribution in [1.82, 2.24) is 0 Å². The van der Waals surface area contributed by atoms with Gasteiger partial charge in [0.05, 0.1) is 102 Å². The molecule has 12 nitrogen and oxygen atoms in total. The molecule has 0 spiro atoms. The smallest absolute Gasteiger partial charge is 0.872 e. The maximum Gasteiger partial charge on any atom is 3.00 e. The van der Waals surface area contributed by atoms with Crippen molar-refractivity contribution in [1.29, 1.82) is 0 Å². The molecule has 0 saturated heterocycles. The van der Waals surface area contributed by atoms with Crippen LogP contribution in [0.25, 0.3) is 0 Å². The van der Waals surface area contributed by atoms with Crippen molar-refractivity contribution in [3.8, 4) is 34.5 Å². The Kier molecular flexibility index (Phi) is 54.7. The Bertz CT molecular complexity index is 2300. The van der Waals surface area contributed by atoms with Gasteiger partial charge in [-0.15, -0.1) is 59.6 Å². The zero-order valence-corrected chi connectivity index (χ0v) is 56.6. The monoisotopic (exact) mass is 1450 g/mol. The molecule has 2 radical (unpaired) electrons. The number of nitrogens with zero attached hydrogens (tertiary/aromatic N) is 2. The van der Waals surface area contributed by atoms with Gasteiger partial charge in [0.25, 0.3) is 0 Å². The number of aliphatic imine (C=N–C) groups is 2. The van der Waals surface area contributed by atoms with Gasteiger partial charge >= 0.3 is 34.1 Å². The van der Waals surface area contributed by atoms with Crippen LogP contribution in [-0.4, -0.2) is 87.7 Å². The van der Waals surface area contributed by atoms with E-state index in [0.29, 0.717) is 22.6 Å². The van der Waals surface area contributed by atoms with E-state index in [4.69, 9.17) is 139 Å². The van der Waals surface area contributed by atoms with Crippen LogP contribution in [0.15, 0.2) is 119 Å². The van der Waals surface area contributed by atoms with E-state index in [1.54, 1.807) is 46.2 Å². The van der Waals surface area contributed by atoms with Gasteiger partial charge in [0.1, 0.15) is 0 Å². The summed E-state index contributed by atoms with van der Waals surface area (Å²) in [5.41, 5.74) is 3.98. The molecular weight excluding hydrogens is 1390 g/mol. The van der Waals surface area contributed by atoms with Crippen LogP contribution in [0.4, 0.5) is 0 Å². The van der Waals surface area contributed by atoms with Crippen molar-refractivity contribution in [3.05, 3.63) is 172 Å². The topological polar surface area (TPSA) is 218 Å². The molecule has 0 aliphatic rings. The fourth-order valence-electron chi connectivity index (χ4n) is 6.18. The summed E-state index contributed by atoms with van der Waals surface area (Å²) in [6.45, 7) is 20.8. The molecule has 0 aliphatic carbocycles. The van der Waals surface area contributed by atoms with Crippen LogP contribution in [-0.2, 0) is 34.1 Å². The number of rotatable bonds is 14. The summed E-state index contributed by atoms with van der Waals surface area (Å²) in [5.74, 6) is -3.89. The Balaban J connectivity index is -0.000000447. The molecule has 0 bridgehead atoms. The number of nitrogens with one attached hydrogen (secondary N) is 2. The average molecular weight is 1460 g/mol. The van der Waals surface area contributed by atoms with E-state index in [1.165, 1.54) is 51.4 Å². The largest absolute Gasteiger partial charge is 3.00 e. The van der Waals surface area contributed by atoms with Crippen molar-refractivity contribution in [3.63, 3.8) is 0 Å². The number of hydrogen-bond donors (Lipinski definition) is 2. The average Bonchev–Trinajstić information content (AvgIpc) is 3.57. The maximum absolute atomic E-state index is 11.8. The first kappa shape index (κ1) is 86.3. The third-order valence-electron chi connectivity index (χ3n) is 10.5. The maximum atomic E-state index is 11.8. The van der Waals surface area contributed by atoms with E-state index in [0.717, 1.165) is 11.1 Å². The number of halogens is 12. The predicted molar refractivity (Wildman–Crippen MR) is 324 cm³/mol. The summed E-state index contributed by atoms with van der Waals surface area (Å²) >= 11 is 62.4. The van der Waals surface area contributed by atoms with Gasteiger partial charge < -0.3 is 50.7 Å². The molecule has 0 aliphatic heterocycles. The van der Waals surface area contributed by atoms with E-state index in [9.17, 15) is 40.9 Å². The third-order valence-corrected chi connectivity index (χ3v) is 14.0. The van der Waals surface area contributed by atoms with Crippen LogP contribution in [0.2, 0.25) is 40.2 Å². The molecule has 0 atom stereocenters. The van der Waals surface area contributed by atoms with Crippen molar-refractivity contribution in [2.45, 2.75) is 41.5 Å². The van der Waals surface area contributed by atoms with Crippen LogP contribution in [0.1, 0.15) is 63.8 Å². The first-order chi connectivity index (χ1) is 38.1. The molecule has 82 heavy (non-hydrogen) atoms. The molecular formula is C56H62Cl12Fe2N4O8. The first-order valence-corrected chi connectivity index (χ1v) is 29.5. The summed E-state index contributed by atoms with van der Waals surface area (Å²) in [4.78, 5) is 11.9. The summed E-state index contributed by atoms with van der Waals surface area (Å²) in [5, 5.41) is 86.5. The van der Waals surface area contributed by atoms with Gasteiger partial charge in [-0.2, -0.15) is 0 Å². The summed E-state index contributed by atoms with van der Waals surface area (Å²) in [6, 6.07) is 32.3. The summed E-state index contributed by atoms with van der Waals surface area (Å²) in [6.07, 6.45) is 0. The molecule has 6 aromatic carbocycles. The Hall–Kier alpha value is -2.18. The number of quaternary nitrogens is 2. The minimum Gasteiger partial charge on any atom is -0.872 e. The normalized spacial score (nSPS) is 10.3. The van der Waals surface area contributed by atoms with Gasteiger partial charge in [0, 0.05) is 24.2 Å². The summed E-state index contributed by atoms with van der Waals surface area (Å²) in [7, 11) is 0. The van der Waals surface area contributed by atoms with E-state index < -0.39 is 43.1 Å². The SMILES string of the molecule is CC[NH+](CC)CC.CC[NH+](CC)CC.ClCCl.ClCCl.[Fe+3].[Fe+3].[O-]CCN=C(c1ccccc1)c1ccccc1[O-].[O-]CCN=C(c1ccccc1)c1ccccc1[O-].[O-]c1c([O-])c(Cl)c(Cl)c(Cl)c1Cl.[O-]c1c([O-])c(Cl)c(Cl)c(Cl)c1Cl. The van der Waals surface area contributed by atoms with Crippen molar-refractivity contribution >= 4 is 151 Å². The second-order valence-corrected chi connectivity index (χ2v) is 19.9. The molecule has 0 aromatic heterocycles. The zero-order valence-electron chi connectivity index (χ0n) is 45.3. The molecule has 0 fully saturated rings. The van der Waals surface area contributed by atoms with Crippen LogP contribution in [0, 0.1) is 0 Å². The van der Waals surface area contributed by atoms with Crippen LogP contribution in [0.3, 0.4) is 0 Å². The molecule has 26 heteroatoms. The minimum atomic E-state index is -0.934. The van der Waals surface area contributed by atoms with Crippen molar-refractivity contribution in [2.24, 2.45) is 9.98 Å². The minimum absolute atomic E-state index is 0. The number of hydrogen-bond acceptors (Lipinski definition) is 10. The Labute approximate surface area is 564 Å². The molecule has 0 unspecified atom stereocenters. The fraction of sp³-hybridized carbons (Fsp3) is 0.321. The third kappa shape index (κ3) is 32.0. The second-order valence-electron chi connectivity index (χ2n) is 15.2. The van der Waals surface area contributed by atoms with Crippen molar-refractivity contribution < 1.29 is 84.8 Å². The number of alkyl halides is 4. The molecule has 0 saturated carbocycles. The standard InChI is InChI=1S/2C15H14NO2.2C6H2Cl4O2.2C6H15N.2CH2Cl2.2Fe/c2*17-11-10-16-15(12-6-2-1-3-7-12)13-8-4-5-9-14(13)18;2*7-1-2(8)4(10)6(12)5(11)3(1)9;2*1-4-7(5-2)6-3;2*2-1-3;;/h2*1-9,18H,10-11H2;2*11-12H;2*4-6H2,1-3H3;2*1H2;;/q2*-1;;;;;;;2*+3/p-4. The molecule has 454 valence electrons. The first-order valence-electron chi connectivity index (χ1n) is 24.3. The van der Waals surface area contributed by atoms with Gasteiger partial charge in [-0.3, -0.25) is 9.98 Å². The van der Waals surface area contributed by atoms with E-state index in [1.807, 2.05) is 60.7 Å². The van der Waals surface area contributed by atoms with Crippen LogP contribution >= 0.6 is 139 Å². The van der Waals surface area contributed by atoms with E-state index >= 15 is 0 Å². The Morgan fingerprint density at radius 1 is 0.354 bits per heavy atom. The zero-order chi connectivity index (χ0) is 61.3. The van der Waals surface area contributed by atoms with Gasteiger partial charge in [-0.1, -0.05) is 236 Å². The molecule has 0 amide bonds. The number of para-hydroxylation sites is 2. The molecule has 6 aromatic rings. The van der Waals surface area contributed by atoms with Gasteiger partial charge in [-0.05, 0) is 52.7 Å². The quantitative estimate of drug-likeness (QED) is 0.0351. The van der Waals surface area contributed by atoms with Crippen LogP contribution in [0.5, 0.6) is 34.5 Å². The van der Waals surface area contributed by atoms with Gasteiger partial charge in [0.15, 0.2) is 0 Å². The van der Waals surface area contributed by atoms with E-state index in [-0.39, 0.29) is 103 Å². The molecule has 2 N–H and O–H groups in total. The molecule has 0 heterocycles. The fourth-order valence-corrected chi connectivity index (χ4v) is 7.81. The van der Waals surface area contributed by atoms with Crippen LogP contribution < -0.4 is 50.7 Å². The second kappa shape index (κ2) is 52.0. The van der Waals surface area contributed by atoms with Crippen molar-refractivity contribution in [2.75, 3.05) is 76.3 Å². The Morgan fingerprint density at radius 2 is 0.561 bits per heavy atom. The predicted octanol–water partition coefficient (Wildman–Crippen LogP) is 9.51. The van der Waals surface area contributed by atoms with Gasteiger partial charge in [-0.25, -0.2) is 0 Å². The molecule has 6 rings (SSSR count). The summed E-state index contributed by atoms with van der Waals surface area (Å²) < 4.78 is 0. The van der Waals surface area contributed by atoms with E-state index in [2.05, 4.69) is 51.5 Å². The number of benzene rings is 6.